The summed E-state index contributed by atoms with van der Waals surface area (Å²) in [5, 5.41) is 0. The second-order valence-electron chi connectivity index (χ2n) is 4.68. The van der Waals surface area contributed by atoms with Gasteiger partial charge in [-0.3, -0.25) is 4.90 Å². The van der Waals surface area contributed by atoms with Gasteiger partial charge in [-0.15, -0.1) is 11.8 Å². The summed E-state index contributed by atoms with van der Waals surface area (Å²) in [4.78, 5) is 3.87. The lowest BCUT2D eigenvalue weighted by Crippen LogP contribution is -2.46. The van der Waals surface area contributed by atoms with Crippen molar-refractivity contribution in [2.45, 2.75) is 31.0 Å². The fourth-order valence-electron chi connectivity index (χ4n) is 2.28. The van der Waals surface area contributed by atoms with Gasteiger partial charge in [0.1, 0.15) is 0 Å². The third-order valence-electron chi connectivity index (χ3n) is 2.91. The monoisotopic (exact) mass is 251 g/mol. The Morgan fingerprint density at radius 3 is 2.47 bits per heavy atom. The second kappa shape index (κ2) is 6.43. The molecule has 0 amide bonds. The summed E-state index contributed by atoms with van der Waals surface area (Å²) in [5.41, 5.74) is 0. The summed E-state index contributed by atoms with van der Waals surface area (Å²) in [5.74, 6) is 1.16. The average Bonchev–Trinajstić information content (AvgIpc) is 2.29. The molecule has 3 heteroatoms. The summed E-state index contributed by atoms with van der Waals surface area (Å²) in [6.45, 7) is 7.61. The molecule has 1 fully saturated rings. The van der Waals surface area contributed by atoms with Crippen LogP contribution in [0.5, 0.6) is 0 Å². The molecule has 2 rings (SSSR count). The van der Waals surface area contributed by atoms with Crippen molar-refractivity contribution >= 4 is 11.8 Å². The maximum atomic E-state index is 5.73. The number of thioether (sulfide) groups is 1. The minimum Gasteiger partial charge on any atom is -0.373 e. The highest BCUT2D eigenvalue weighted by atomic mass is 32.2. The topological polar surface area (TPSA) is 12.5 Å². The van der Waals surface area contributed by atoms with Crippen LogP contribution in [0.25, 0.3) is 0 Å². The minimum absolute atomic E-state index is 0.375. The third kappa shape index (κ3) is 4.34. The van der Waals surface area contributed by atoms with Gasteiger partial charge in [0.25, 0.3) is 0 Å². The van der Waals surface area contributed by atoms with E-state index in [9.17, 15) is 0 Å². The van der Waals surface area contributed by atoms with Crippen molar-refractivity contribution in [1.82, 2.24) is 4.90 Å². The van der Waals surface area contributed by atoms with E-state index in [1.807, 2.05) is 11.8 Å². The van der Waals surface area contributed by atoms with Crippen molar-refractivity contribution in [3.05, 3.63) is 30.3 Å². The molecular formula is C14H21NOS. The van der Waals surface area contributed by atoms with E-state index in [1.165, 1.54) is 4.90 Å². The van der Waals surface area contributed by atoms with Gasteiger partial charge < -0.3 is 4.74 Å². The van der Waals surface area contributed by atoms with Gasteiger partial charge in [0.15, 0.2) is 0 Å². The number of benzene rings is 1. The Hall–Kier alpha value is -0.510. The average molecular weight is 251 g/mol. The Morgan fingerprint density at radius 2 is 1.82 bits per heavy atom. The molecule has 1 aliphatic heterocycles. The molecule has 0 saturated carbocycles. The molecule has 0 aromatic heterocycles. The van der Waals surface area contributed by atoms with Gasteiger partial charge in [0.05, 0.1) is 12.2 Å². The van der Waals surface area contributed by atoms with E-state index in [-0.39, 0.29) is 0 Å². The normalized spacial score (nSPS) is 26.0. The van der Waals surface area contributed by atoms with Crippen LogP contribution in [0.2, 0.25) is 0 Å². The van der Waals surface area contributed by atoms with Crippen molar-refractivity contribution in [3.8, 4) is 0 Å². The van der Waals surface area contributed by atoms with Crippen molar-refractivity contribution in [2.75, 3.05) is 25.4 Å². The molecule has 1 aliphatic rings. The maximum Gasteiger partial charge on any atom is 0.0678 e. The van der Waals surface area contributed by atoms with Gasteiger partial charge in [-0.25, -0.2) is 0 Å². The Balaban J connectivity index is 1.71. The first kappa shape index (κ1) is 12.9. The van der Waals surface area contributed by atoms with Crippen molar-refractivity contribution in [1.29, 1.82) is 0 Å². The molecular weight excluding hydrogens is 230 g/mol. The van der Waals surface area contributed by atoms with Gasteiger partial charge in [-0.2, -0.15) is 0 Å². The van der Waals surface area contributed by atoms with E-state index in [1.54, 1.807) is 0 Å². The molecule has 94 valence electrons. The molecule has 0 aliphatic carbocycles. The number of morpholine rings is 1. The van der Waals surface area contributed by atoms with Gasteiger partial charge >= 0.3 is 0 Å². The standard InChI is InChI=1S/C14H21NOS/c1-12-10-15(11-13(2)16-12)8-9-17-14-6-4-3-5-7-14/h3-7,12-13H,8-11H2,1-2H3/t12-,13+. The lowest BCUT2D eigenvalue weighted by Gasteiger charge is -2.35. The molecule has 1 heterocycles. The van der Waals surface area contributed by atoms with E-state index < -0.39 is 0 Å². The number of ether oxygens (including phenoxy) is 1. The first-order valence-electron chi connectivity index (χ1n) is 6.29. The Kier molecular flexibility index (Phi) is 4.89. The molecule has 0 unspecified atom stereocenters. The first-order chi connectivity index (χ1) is 8.24. The van der Waals surface area contributed by atoms with E-state index >= 15 is 0 Å². The quantitative estimate of drug-likeness (QED) is 0.764. The fourth-order valence-corrected chi connectivity index (χ4v) is 3.21. The van der Waals surface area contributed by atoms with Crippen LogP contribution in [0.1, 0.15) is 13.8 Å². The zero-order valence-corrected chi connectivity index (χ0v) is 11.5. The summed E-state index contributed by atoms with van der Waals surface area (Å²) in [7, 11) is 0. The minimum atomic E-state index is 0.375. The highest BCUT2D eigenvalue weighted by Crippen LogP contribution is 2.18. The van der Waals surface area contributed by atoms with Crippen LogP contribution in [0.4, 0.5) is 0 Å². The van der Waals surface area contributed by atoms with Crippen LogP contribution in [0.15, 0.2) is 35.2 Å². The zero-order chi connectivity index (χ0) is 12.1. The molecule has 0 spiro atoms. The lowest BCUT2D eigenvalue weighted by molar-refractivity contribution is -0.0661. The van der Waals surface area contributed by atoms with Gasteiger partial charge in [0.2, 0.25) is 0 Å². The Morgan fingerprint density at radius 1 is 1.18 bits per heavy atom. The molecule has 0 bridgehead atoms. The van der Waals surface area contributed by atoms with Crippen LogP contribution >= 0.6 is 11.8 Å². The summed E-state index contributed by atoms with van der Waals surface area (Å²) < 4.78 is 5.73. The smallest absolute Gasteiger partial charge is 0.0678 e. The van der Waals surface area contributed by atoms with Crippen LogP contribution in [0.3, 0.4) is 0 Å². The highest BCUT2D eigenvalue weighted by molar-refractivity contribution is 7.99. The number of rotatable bonds is 4. The lowest BCUT2D eigenvalue weighted by atomic mass is 10.2. The van der Waals surface area contributed by atoms with E-state index in [0.717, 1.165) is 25.4 Å². The molecule has 1 aromatic rings. The van der Waals surface area contributed by atoms with Gasteiger partial charge in [0, 0.05) is 30.3 Å². The molecule has 2 atom stereocenters. The van der Waals surface area contributed by atoms with Gasteiger partial charge in [-0.05, 0) is 26.0 Å². The third-order valence-corrected chi connectivity index (χ3v) is 3.91. The van der Waals surface area contributed by atoms with Crippen LogP contribution in [-0.4, -0.2) is 42.5 Å². The molecule has 0 N–H and O–H groups in total. The van der Waals surface area contributed by atoms with Crippen LogP contribution in [0, 0.1) is 0 Å². The Labute approximate surface area is 108 Å². The first-order valence-corrected chi connectivity index (χ1v) is 7.28. The zero-order valence-electron chi connectivity index (χ0n) is 10.6. The molecule has 1 aromatic carbocycles. The molecule has 2 nitrogen and oxygen atoms in total. The summed E-state index contributed by atoms with van der Waals surface area (Å²) in [6, 6.07) is 10.6. The van der Waals surface area contributed by atoms with Crippen LogP contribution in [-0.2, 0) is 4.74 Å². The summed E-state index contributed by atoms with van der Waals surface area (Å²) in [6.07, 6.45) is 0.751. The predicted molar refractivity (Wildman–Crippen MR) is 73.6 cm³/mol. The number of hydrogen-bond acceptors (Lipinski definition) is 3. The number of nitrogens with zero attached hydrogens (tertiary/aromatic N) is 1. The predicted octanol–water partition coefficient (Wildman–Crippen LogP) is 2.89. The molecule has 1 saturated heterocycles. The SMILES string of the molecule is C[C@@H]1CN(CCSc2ccccc2)C[C@H](C)O1. The fraction of sp³-hybridized carbons (Fsp3) is 0.571. The second-order valence-corrected chi connectivity index (χ2v) is 5.85. The number of hydrogen-bond donors (Lipinski definition) is 0. The molecule has 17 heavy (non-hydrogen) atoms. The van der Waals surface area contributed by atoms with Crippen molar-refractivity contribution < 1.29 is 4.74 Å². The van der Waals surface area contributed by atoms with Gasteiger partial charge in [-0.1, -0.05) is 18.2 Å². The Bertz CT molecular complexity index is 320. The highest BCUT2D eigenvalue weighted by Gasteiger charge is 2.21. The largest absolute Gasteiger partial charge is 0.373 e. The van der Waals surface area contributed by atoms with Crippen molar-refractivity contribution in [3.63, 3.8) is 0 Å². The molecule has 0 radical (unpaired) electrons. The van der Waals surface area contributed by atoms with Crippen molar-refractivity contribution in [2.24, 2.45) is 0 Å². The van der Waals surface area contributed by atoms with E-state index in [4.69, 9.17) is 4.74 Å². The van der Waals surface area contributed by atoms with Crippen LogP contribution < -0.4 is 0 Å². The maximum absolute atomic E-state index is 5.73. The van der Waals surface area contributed by atoms with E-state index in [0.29, 0.717) is 12.2 Å². The van der Waals surface area contributed by atoms with E-state index in [2.05, 4.69) is 49.1 Å². The summed E-state index contributed by atoms with van der Waals surface area (Å²) >= 11 is 1.93.